The molecule has 0 radical (unpaired) electrons. The molecule has 0 saturated heterocycles. The molecule has 2 N–H and O–H groups in total. The number of ether oxygens (including phenoxy) is 1. The van der Waals surface area contributed by atoms with Gasteiger partial charge in [-0.2, -0.15) is 0 Å². The molecule has 168 valence electrons. The second kappa shape index (κ2) is 11.3. The van der Waals surface area contributed by atoms with Crippen molar-refractivity contribution in [2.24, 2.45) is 0 Å². The maximum atomic E-state index is 13.7. The van der Waals surface area contributed by atoms with Gasteiger partial charge in [0.15, 0.2) is 5.16 Å². The molecule has 0 bridgehead atoms. The third-order valence-electron chi connectivity index (χ3n) is 4.36. The SMILES string of the molecule is CCOc1ccc(NC(=O)Cc2nnc(SCC(=O)Nc3ccccc3F)n2CC)cc1. The Morgan fingerprint density at radius 3 is 2.47 bits per heavy atom. The maximum Gasteiger partial charge on any atom is 0.234 e. The van der Waals surface area contributed by atoms with E-state index >= 15 is 0 Å². The molecule has 0 aliphatic rings. The number of rotatable bonds is 10. The van der Waals surface area contributed by atoms with E-state index in [1.807, 2.05) is 13.8 Å². The molecule has 0 aliphatic heterocycles. The Kier molecular flexibility index (Phi) is 8.20. The van der Waals surface area contributed by atoms with Crippen molar-refractivity contribution in [3.8, 4) is 5.75 Å². The maximum absolute atomic E-state index is 13.7. The lowest BCUT2D eigenvalue weighted by molar-refractivity contribution is -0.116. The smallest absolute Gasteiger partial charge is 0.234 e. The second-order valence-electron chi connectivity index (χ2n) is 6.64. The van der Waals surface area contributed by atoms with Gasteiger partial charge in [-0.15, -0.1) is 10.2 Å². The zero-order valence-corrected chi connectivity index (χ0v) is 18.6. The molecule has 0 atom stereocenters. The lowest BCUT2D eigenvalue weighted by atomic mass is 10.3. The Morgan fingerprint density at radius 1 is 1.03 bits per heavy atom. The number of para-hydroxylation sites is 1. The van der Waals surface area contributed by atoms with Crippen molar-refractivity contribution in [2.45, 2.75) is 32.0 Å². The van der Waals surface area contributed by atoms with Crippen LogP contribution in [0.25, 0.3) is 0 Å². The monoisotopic (exact) mass is 457 g/mol. The number of thioether (sulfide) groups is 1. The average molecular weight is 458 g/mol. The first kappa shape index (κ1) is 23.3. The molecule has 3 aromatic rings. The topological polar surface area (TPSA) is 98.1 Å². The molecule has 8 nitrogen and oxygen atoms in total. The fraction of sp³-hybridized carbons (Fsp3) is 0.273. The molecular formula is C22H24FN5O3S. The van der Waals surface area contributed by atoms with Gasteiger partial charge in [-0.05, 0) is 50.2 Å². The van der Waals surface area contributed by atoms with Gasteiger partial charge in [0.1, 0.15) is 17.4 Å². The lowest BCUT2D eigenvalue weighted by Crippen LogP contribution is -2.18. The van der Waals surface area contributed by atoms with E-state index in [1.165, 1.54) is 23.9 Å². The number of aromatic nitrogens is 3. The van der Waals surface area contributed by atoms with Crippen LogP contribution in [-0.4, -0.2) is 38.9 Å². The van der Waals surface area contributed by atoms with Crippen LogP contribution in [0.15, 0.2) is 53.7 Å². The molecule has 3 rings (SSSR count). The summed E-state index contributed by atoms with van der Waals surface area (Å²) in [5, 5.41) is 14.1. The third kappa shape index (κ3) is 6.30. The molecule has 0 fully saturated rings. The van der Waals surface area contributed by atoms with Gasteiger partial charge in [-0.1, -0.05) is 23.9 Å². The third-order valence-corrected chi connectivity index (χ3v) is 5.32. The van der Waals surface area contributed by atoms with Crippen molar-refractivity contribution in [3.05, 3.63) is 60.2 Å². The number of halogens is 1. The summed E-state index contributed by atoms with van der Waals surface area (Å²) >= 11 is 1.17. The predicted molar refractivity (Wildman–Crippen MR) is 121 cm³/mol. The lowest BCUT2D eigenvalue weighted by Gasteiger charge is -2.09. The van der Waals surface area contributed by atoms with Gasteiger partial charge in [0.2, 0.25) is 11.8 Å². The van der Waals surface area contributed by atoms with Gasteiger partial charge in [0.05, 0.1) is 24.5 Å². The van der Waals surface area contributed by atoms with Gasteiger partial charge in [0, 0.05) is 12.2 Å². The van der Waals surface area contributed by atoms with Crippen LogP contribution in [0.1, 0.15) is 19.7 Å². The zero-order valence-electron chi connectivity index (χ0n) is 17.8. The number of nitrogens with one attached hydrogen (secondary N) is 2. The van der Waals surface area contributed by atoms with Crippen molar-refractivity contribution >= 4 is 35.0 Å². The van der Waals surface area contributed by atoms with E-state index in [0.29, 0.717) is 29.8 Å². The highest BCUT2D eigenvalue weighted by Gasteiger charge is 2.16. The summed E-state index contributed by atoms with van der Waals surface area (Å²) in [4.78, 5) is 24.6. The first-order valence-electron chi connectivity index (χ1n) is 10.1. The van der Waals surface area contributed by atoms with E-state index in [0.717, 1.165) is 5.75 Å². The Balaban J connectivity index is 1.56. The van der Waals surface area contributed by atoms with Crippen molar-refractivity contribution in [3.63, 3.8) is 0 Å². The minimum absolute atomic E-state index is 0.0326. The van der Waals surface area contributed by atoms with Crippen LogP contribution >= 0.6 is 11.8 Å². The van der Waals surface area contributed by atoms with Crippen LogP contribution in [-0.2, 0) is 22.6 Å². The van der Waals surface area contributed by atoms with Crippen molar-refractivity contribution in [2.75, 3.05) is 23.0 Å². The molecule has 2 aromatic carbocycles. The Hall–Kier alpha value is -3.40. The molecule has 32 heavy (non-hydrogen) atoms. The highest BCUT2D eigenvalue weighted by Crippen LogP contribution is 2.20. The standard InChI is InChI=1S/C22H24FN5O3S/c1-3-28-19(13-20(29)24-15-9-11-16(12-10-15)31-4-2)26-27-22(28)32-14-21(30)25-18-8-6-5-7-17(18)23/h5-12H,3-4,13-14H2,1-2H3,(H,24,29)(H,25,30). The van der Waals surface area contributed by atoms with Crippen LogP contribution in [0.3, 0.4) is 0 Å². The minimum Gasteiger partial charge on any atom is -0.494 e. The molecular weight excluding hydrogens is 433 g/mol. The molecule has 10 heteroatoms. The van der Waals surface area contributed by atoms with Gasteiger partial charge in [-0.3, -0.25) is 9.59 Å². The normalized spacial score (nSPS) is 10.6. The van der Waals surface area contributed by atoms with Crippen LogP contribution < -0.4 is 15.4 Å². The number of nitrogens with zero attached hydrogens (tertiary/aromatic N) is 3. The Labute approximate surface area is 189 Å². The second-order valence-corrected chi connectivity index (χ2v) is 7.58. The molecule has 1 heterocycles. The van der Waals surface area contributed by atoms with Gasteiger partial charge < -0.3 is 19.9 Å². The summed E-state index contributed by atoms with van der Waals surface area (Å²) in [7, 11) is 0. The molecule has 2 amide bonds. The van der Waals surface area contributed by atoms with Crippen LogP contribution in [0, 0.1) is 5.82 Å². The number of anilines is 2. The number of carbonyl (C=O) groups excluding carboxylic acids is 2. The quantitative estimate of drug-likeness (QED) is 0.450. The van der Waals surface area contributed by atoms with Gasteiger partial charge in [0.25, 0.3) is 0 Å². The molecule has 0 unspecified atom stereocenters. The number of hydrogen-bond acceptors (Lipinski definition) is 6. The first-order chi connectivity index (χ1) is 15.5. The van der Waals surface area contributed by atoms with Gasteiger partial charge >= 0.3 is 0 Å². The van der Waals surface area contributed by atoms with E-state index in [2.05, 4.69) is 20.8 Å². The van der Waals surface area contributed by atoms with Crippen molar-refractivity contribution < 1.29 is 18.7 Å². The highest BCUT2D eigenvalue weighted by molar-refractivity contribution is 7.99. The van der Waals surface area contributed by atoms with Crippen LogP contribution in [0.5, 0.6) is 5.75 Å². The molecule has 0 saturated carbocycles. The van der Waals surface area contributed by atoms with Crippen LogP contribution in [0.4, 0.5) is 15.8 Å². The summed E-state index contributed by atoms with van der Waals surface area (Å²) < 4.78 is 20.8. The highest BCUT2D eigenvalue weighted by atomic mass is 32.2. The number of benzene rings is 2. The van der Waals surface area contributed by atoms with E-state index < -0.39 is 5.82 Å². The first-order valence-corrected chi connectivity index (χ1v) is 11.1. The number of carbonyl (C=O) groups is 2. The molecule has 1 aromatic heterocycles. The van der Waals surface area contributed by atoms with Gasteiger partial charge in [-0.25, -0.2) is 4.39 Å². The molecule has 0 aliphatic carbocycles. The summed E-state index contributed by atoms with van der Waals surface area (Å²) in [5.74, 6) is 0.170. The fourth-order valence-corrected chi connectivity index (χ4v) is 3.72. The fourth-order valence-electron chi connectivity index (χ4n) is 2.90. The number of amides is 2. The summed E-state index contributed by atoms with van der Waals surface area (Å²) in [6.45, 7) is 4.92. The predicted octanol–water partition coefficient (Wildman–Crippen LogP) is 3.75. The van der Waals surface area contributed by atoms with Crippen molar-refractivity contribution in [1.29, 1.82) is 0 Å². The average Bonchev–Trinajstić information content (AvgIpc) is 3.16. The summed E-state index contributed by atoms with van der Waals surface area (Å²) in [6, 6.07) is 13.1. The van der Waals surface area contributed by atoms with Crippen molar-refractivity contribution in [1.82, 2.24) is 14.8 Å². The van der Waals surface area contributed by atoms with E-state index in [1.54, 1.807) is 41.0 Å². The summed E-state index contributed by atoms with van der Waals surface area (Å²) in [5.41, 5.74) is 0.780. The molecule has 0 spiro atoms. The van der Waals surface area contributed by atoms with E-state index in [4.69, 9.17) is 4.74 Å². The Bertz CT molecular complexity index is 1070. The summed E-state index contributed by atoms with van der Waals surface area (Å²) in [6.07, 6.45) is 0.0377. The largest absolute Gasteiger partial charge is 0.494 e. The van der Waals surface area contributed by atoms with E-state index in [9.17, 15) is 14.0 Å². The Morgan fingerprint density at radius 2 is 1.78 bits per heavy atom. The van der Waals surface area contributed by atoms with Crippen LogP contribution in [0.2, 0.25) is 0 Å². The van der Waals surface area contributed by atoms with E-state index in [-0.39, 0.29) is 29.7 Å². The minimum atomic E-state index is -0.497. The zero-order chi connectivity index (χ0) is 22.9. The number of hydrogen-bond donors (Lipinski definition) is 2.